The van der Waals surface area contributed by atoms with Gasteiger partial charge in [-0.25, -0.2) is 0 Å². The lowest BCUT2D eigenvalue weighted by Gasteiger charge is -2.17. The molecule has 0 aliphatic heterocycles. The van der Waals surface area contributed by atoms with Crippen LogP contribution < -0.4 is 5.32 Å². The van der Waals surface area contributed by atoms with Gasteiger partial charge in [-0.15, -0.1) is 0 Å². The zero-order valence-electron chi connectivity index (χ0n) is 12.1. The van der Waals surface area contributed by atoms with Gasteiger partial charge >= 0.3 is 0 Å². The molecule has 0 aliphatic carbocycles. The lowest BCUT2D eigenvalue weighted by Crippen LogP contribution is -2.27. The van der Waals surface area contributed by atoms with Gasteiger partial charge in [0, 0.05) is 20.0 Å². The molecule has 0 saturated carbocycles. The van der Waals surface area contributed by atoms with Gasteiger partial charge in [0.15, 0.2) is 0 Å². The van der Waals surface area contributed by atoms with Gasteiger partial charge in [-0.1, -0.05) is 20.3 Å². The number of nitrogens with one attached hydrogen (secondary N) is 1. The lowest BCUT2D eigenvalue weighted by molar-refractivity contribution is -0.130. The van der Waals surface area contributed by atoms with E-state index in [0.717, 1.165) is 38.3 Å². The van der Waals surface area contributed by atoms with Crippen molar-refractivity contribution in [3.05, 3.63) is 0 Å². The number of hydrogen-bond donors (Lipinski definition) is 1. The molecule has 3 nitrogen and oxygen atoms in total. The summed E-state index contributed by atoms with van der Waals surface area (Å²) in [7, 11) is 3.89. The molecule has 0 unspecified atom stereocenters. The highest BCUT2D eigenvalue weighted by atomic mass is 16.2. The maximum absolute atomic E-state index is 11.8. The summed E-state index contributed by atoms with van der Waals surface area (Å²) < 4.78 is 0. The first-order chi connectivity index (χ1) is 8.07. The van der Waals surface area contributed by atoms with Gasteiger partial charge in [-0.2, -0.15) is 0 Å². The highest BCUT2D eigenvalue weighted by Crippen LogP contribution is 2.06. The van der Waals surface area contributed by atoms with Gasteiger partial charge in [0.2, 0.25) is 5.91 Å². The van der Waals surface area contributed by atoms with Crippen molar-refractivity contribution in [2.75, 3.05) is 27.2 Å². The second-order valence-corrected chi connectivity index (χ2v) is 5.27. The first-order valence-electron chi connectivity index (χ1n) is 6.96. The summed E-state index contributed by atoms with van der Waals surface area (Å²) in [4.78, 5) is 13.7. The van der Waals surface area contributed by atoms with Gasteiger partial charge in [-0.05, 0) is 45.2 Å². The molecule has 0 bridgehead atoms. The van der Waals surface area contributed by atoms with Crippen molar-refractivity contribution in [2.45, 2.75) is 52.4 Å². The molecule has 102 valence electrons. The summed E-state index contributed by atoms with van der Waals surface area (Å²) in [6, 6.07) is 0. The number of amides is 1. The van der Waals surface area contributed by atoms with Crippen molar-refractivity contribution in [2.24, 2.45) is 5.92 Å². The molecule has 1 N–H and O–H groups in total. The molecule has 0 atom stereocenters. The fraction of sp³-hybridized carbons (Fsp3) is 0.929. The number of nitrogens with zero attached hydrogens (tertiary/aromatic N) is 1. The SMILES string of the molecule is CNCCCCCC(=O)N(C)CCCC(C)C. The second kappa shape index (κ2) is 10.6. The molecule has 0 heterocycles. The van der Waals surface area contributed by atoms with Crippen LogP contribution in [0.3, 0.4) is 0 Å². The summed E-state index contributed by atoms with van der Waals surface area (Å²) >= 11 is 0. The third kappa shape index (κ3) is 10.3. The van der Waals surface area contributed by atoms with Crippen molar-refractivity contribution < 1.29 is 4.79 Å². The smallest absolute Gasteiger partial charge is 0.222 e. The Morgan fingerprint density at radius 2 is 1.88 bits per heavy atom. The molecule has 0 saturated heterocycles. The molecule has 0 aromatic heterocycles. The normalized spacial score (nSPS) is 10.9. The van der Waals surface area contributed by atoms with Crippen molar-refractivity contribution >= 4 is 5.91 Å². The van der Waals surface area contributed by atoms with E-state index in [9.17, 15) is 4.79 Å². The van der Waals surface area contributed by atoms with E-state index in [1.54, 1.807) is 0 Å². The monoisotopic (exact) mass is 242 g/mol. The highest BCUT2D eigenvalue weighted by molar-refractivity contribution is 5.75. The Bertz CT molecular complexity index is 193. The molecule has 0 aromatic carbocycles. The predicted molar refractivity (Wildman–Crippen MR) is 74.1 cm³/mol. The zero-order valence-corrected chi connectivity index (χ0v) is 12.1. The molecule has 3 heteroatoms. The third-order valence-electron chi connectivity index (χ3n) is 3.02. The Morgan fingerprint density at radius 3 is 2.47 bits per heavy atom. The fourth-order valence-electron chi connectivity index (χ4n) is 1.81. The average molecular weight is 242 g/mol. The molecule has 0 aliphatic rings. The van der Waals surface area contributed by atoms with E-state index in [4.69, 9.17) is 0 Å². The summed E-state index contributed by atoms with van der Waals surface area (Å²) in [6.45, 7) is 6.42. The Labute approximate surface area is 107 Å². The molecule has 17 heavy (non-hydrogen) atoms. The van der Waals surface area contributed by atoms with Crippen LogP contribution >= 0.6 is 0 Å². The van der Waals surface area contributed by atoms with Crippen molar-refractivity contribution in [1.82, 2.24) is 10.2 Å². The average Bonchev–Trinajstić information content (AvgIpc) is 2.27. The molecule has 0 aromatic rings. The first kappa shape index (κ1) is 16.4. The minimum Gasteiger partial charge on any atom is -0.346 e. The van der Waals surface area contributed by atoms with Crippen LogP contribution in [0, 0.1) is 5.92 Å². The fourth-order valence-corrected chi connectivity index (χ4v) is 1.81. The first-order valence-corrected chi connectivity index (χ1v) is 6.96. The maximum atomic E-state index is 11.8. The lowest BCUT2D eigenvalue weighted by atomic mass is 10.1. The molecular formula is C14H30N2O. The van der Waals surface area contributed by atoms with Gasteiger partial charge in [0.25, 0.3) is 0 Å². The molecule has 0 fully saturated rings. The number of hydrogen-bond acceptors (Lipinski definition) is 2. The van der Waals surface area contributed by atoms with E-state index in [0.29, 0.717) is 12.3 Å². The van der Waals surface area contributed by atoms with Crippen molar-refractivity contribution in [3.8, 4) is 0 Å². The Morgan fingerprint density at radius 1 is 1.18 bits per heavy atom. The maximum Gasteiger partial charge on any atom is 0.222 e. The van der Waals surface area contributed by atoms with Crippen LogP contribution in [0.5, 0.6) is 0 Å². The van der Waals surface area contributed by atoms with Crippen LogP contribution in [0.25, 0.3) is 0 Å². The highest BCUT2D eigenvalue weighted by Gasteiger charge is 2.07. The molecule has 0 rings (SSSR count). The van der Waals surface area contributed by atoms with Crippen LogP contribution in [0.2, 0.25) is 0 Å². The second-order valence-electron chi connectivity index (χ2n) is 5.27. The third-order valence-corrected chi connectivity index (χ3v) is 3.02. The molecule has 0 spiro atoms. The number of unbranched alkanes of at least 4 members (excludes halogenated alkanes) is 2. The van der Waals surface area contributed by atoms with E-state index in [1.165, 1.54) is 12.8 Å². The number of rotatable bonds is 10. The largest absolute Gasteiger partial charge is 0.346 e. The minimum absolute atomic E-state index is 0.304. The number of carbonyl (C=O) groups is 1. The van der Waals surface area contributed by atoms with Gasteiger partial charge in [0.1, 0.15) is 0 Å². The van der Waals surface area contributed by atoms with E-state index < -0.39 is 0 Å². The zero-order chi connectivity index (χ0) is 13.1. The topological polar surface area (TPSA) is 32.3 Å². The molecule has 0 radical (unpaired) electrons. The minimum atomic E-state index is 0.304. The van der Waals surface area contributed by atoms with Gasteiger partial charge in [-0.3, -0.25) is 4.79 Å². The van der Waals surface area contributed by atoms with Crippen molar-refractivity contribution in [1.29, 1.82) is 0 Å². The Hall–Kier alpha value is -0.570. The van der Waals surface area contributed by atoms with Crippen LogP contribution in [-0.4, -0.2) is 38.0 Å². The predicted octanol–water partition coefficient (Wildman–Crippen LogP) is 2.66. The summed E-state index contributed by atoms with van der Waals surface area (Å²) in [5, 5.41) is 3.12. The van der Waals surface area contributed by atoms with E-state index in [2.05, 4.69) is 19.2 Å². The Kier molecular flexibility index (Phi) is 10.2. The van der Waals surface area contributed by atoms with Crippen LogP contribution in [-0.2, 0) is 4.79 Å². The van der Waals surface area contributed by atoms with Gasteiger partial charge < -0.3 is 10.2 Å². The number of carbonyl (C=O) groups excluding carboxylic acids is 1. The molecular weight excluding hydrogens is 212 g/mol. The van der Waals surface area contributed by atoms with Crippen LogP contribution in [0.4, 0.5) is 0 Å². The standard InChI is InChI=1S/C14H30N2O/c1-13(2)9-8-12-16(4)14(17)10-6-5-7-11-15-3/h13,15H,5-12H2,1-4H3. The van der Waals surface area contributed by atoms with E-state index >= 15 is 0 Å². The molecule has 1 amide bonds. The summed E-state index contributed by atoms with van der Waals surface area (Å²) in [5.41, 5.74) is 0. The van der Waals surface area contributed by atoms with Gasteiger partial charge in [0.05, 0.1) is 0 Å². The summed E-state index contributed by atoms with van der Waals surface area (Å²) in [5.74, 6) is 1.04. The quantitative estimate of drug-likeness (QED) is 0.597. The summed E-state index contributed by atoms with van der Waals surface area (Å²) in [6.07, 6.45) is 6.38. The van der Waals surface area contributed by atoms with Crippen LogP contribution in [0.15, 0.2) is 0 Å². The van der Waals surface area contributed by atoms with E-state index in [1.807, 2.05) is 19.0 Å². The van der Waals surface area contributed by atoms with Crippen LogP contribution in [0.1, 0.15) is 52.4 Å². The Balaban J connectivity index is 3.47. The van der Waals surface area contributed by atoms with Crippen molar-refractivity contribution in [3.63, 3.8) is 0 Å². The van der Waals surface area contributed by atoms with E-state index in [-0.39, 0.29) is 0 Å².